The smallest absolute Gasteiger partial charge is 0.269 e. The largest absolute Gasteiger partial charge is 0.435 e. The lowest BCUT2D eigenvalue weighted by atomic mass is 10.2. The van der Waals surface area contributed by atoms with Gasteiger partial charge < -0.3 is 0 Å². The third-order valence-electron chi connectivity index (χ3n) is 2.07. The summed E-state index contributed by atoms with van der Waals surface area (Å²) >= 11 is 0. The van der Waals surface area contributed by atoms with Gasteiger partial charge in [0.15, 0.2) is 5.69 Å². The minimum atomic E-state index is -4.34. The Hall–Kier alpha value is -1.00. The van der Waals surface area contributed by atoms with Crippen LogP contribution in [0.4, 0.5) is 13.2 Å². The maximum atomic E-state index is 12.3. The molecule has 0 aliphatic heterocycles. The quantitative estimate of drug-likeness (QED) is 0.668. The van der Waals surface area contributed by atoms with E-state index in [0.717, 1.165) is 0 Å². The second-order valence-corrected chi connectivity index (χ2v) is 2.87. The van der Waals surface area contributed by atoms with Gasteiger partial charge in [0, 0.05) is 17.8 Å². The predicted molar refractivity (Wildman–Crippen MR) is 42.4 cm³/mol. The van der Waals surface area contributed by atoms with E-state index < -0.39 is 11.9 Å². The van der Waals surface area contributed by atoms with E-state index in [9.17, 15) is 13.2 Å². The van der Waals surface area contributed by atoms with E-state index in [0.29, 0.717) is 12.2 Å². The highest BCUT2D eigenvalue weighted by Gasteiger charge is 2.36. The minimum Gasteiger partial charge on any atom is -0.269 e. The van der Waals surface area contributed by atoms with E-state index in [1.807, 2.05) is 0 Å². The Morgan fingerprint density at radius 2 is 1.85 bits per heavy atom. The van der Waals surface area contributed by atoms with Gasteiger partial charge in [-0.25, -0.2) is 0 Å². The molecule has 0 aromatic carbocycles. The Morgan fingerprint density at radius 1 is 1.31 bits per heavy atom. The van der Waals surface area contributed by atoms with Gasteiger partial charge in [-0.1, -0.05) is 0 Å². The van der Waals surface area contributed by atoms with Crippen LogP contribution in [0.3, 0.4) is 0 Å². The average molecular weight is 192 g/mol. The van der Waals surface area contributed by atoms with Gasteiger partial charge in [0.2, 0.25) is 0 Å². The lowest BCUT2D eigenvalue weighted by Gasteiger charge is -2.02. The molecule has 0 amide bonds. The molecule has 0 saturated heterocycles. The molecule has 2 nitrogen and oxygen atoms in total. The second-order valence-electron chi connectivity index (χ2n) is 2.87. The summed E-state index contributed by atoms with van der Waals surface area (Å²) in [5, 5.41) is 3.49. The maximum Gasteiger partial charge on any atom is 0.435 e. The zero-order chi connectivity index (χ0) is 10.2. The van der Waals surface area contributed by atoms with Gasteiger partial charge in [-0.3, -0.25) is 4.68 Å². The summed E-state index contributed by atoms with van der Waals surface area (Å²) in [6.07, 6.45) is -4.34. The van der Waals surface area contributed by atoms with Crippen molar-refractivity contribution in [2.24, 2.45) is 0 Å². The lowest BCUT2D eigenvalue weighted by molar-refractivity contribution is -0.141. The second kappa shape index (κ2) is 3.05. The van der Waals surface area contributed by atoms with E-state index in [-0.39, 0.29) is 5.56 Å². The lowest BCUT2D eigenvalue weighted by Crippen LogP contribution is -2.08. The van der Waals surface area contributed by atoms with Gasteiger partial charge in [0.25, 0.3) is 0 Å². The number of hydrogen-bond donors (Lipinski definition) is 0. The molecule has 0 aliphatic rings. The van der Waals surface area contributed by atoms with E-state index in [1.54, 1.807) is 13.8 Å². The van der Waals surface area contributed by atoms with Crippen molar-refractivity contribution in [1.82, 2.24) is 9.78 Å². The van der Waals surface area contributed by atoms with Gasteiger partial charge >= 0.3 is 6.18 Å². The molecule has 0 bridgehead atoms. The van der Waals surface area contributed by atoms with Gasteiger partial charge in [0.1, 0.15) is 0 Å². The van der Waals surface area contributed by atoms with Gasteiger partial charge in [-0.15, -0.1) is 0 Å². The molecule has 74 valence electrons. The molecule has 1 rings (SSSR count). The molecule has 0 spiro atoms. The van der Waals surface area contributed by atoms with Crippen molar-refractivity contribution in [3.63, 3.8) is 0 Å². The number of halogens is 3. The van der Waals surface area contributed by atoms with Gasteiger partial charge in [-0.2, -0.15) is 18.3 Å². The molecule has 13 heavy (non-hydrogen) atoms. The van der Waals surface area contributed by atoms with Crippen molar-refractivity contribution in [3.8, 4) is 0 Å². The minimum absolute atomic E-state index is 0.217. The molecule has 1 heterocycles. The van der Waals surface area contributed by atoms with Gasteiger partial charge in [0.05, 0.1) is 0 Å². The summed E-state index contributed by atoms with van der Waals surface area (Å²) < 4.78 is 38.3. The van der Waals surface area contributed by atoms with Crippen LogP contribution in [0.15, 0.2) is 0 Å². The molecule has 1 aromatic heterocycles. The molecule has 0 unspecified atom stereocenters. The van der Waals surface area contributed by atoms with Crippen molar-refractivity contribution in [3.05, 3.63) is 17.0 Å². The normalized spacial score (nSPS) is 12.2. The molecule has 0 N–H and O–H groups in total. The first kappa shape index (κ1) is 10.1. The summed E-state index contributed by atoms with van der Waals surface area (Å²) in [6, 6.07) is 0. The molecule has 0 aliphatic carbocycles. The zero-order valence-corrected chi connectivity index (χ0v) is 7.74. The van der Waals surface area contributed by atoms with Crippen LogP contribution in [0.25, 0.3) is 0 Å². The number of hydrogen-bond acceptors (Lipinski definition) is 1. The molecular weight excluding hydrogens is 181 g/mol. The Labute approximate surface area is 74.4 Å². The zero-order valence-electron chi connectivity index (χ0n) is 7.74. The number of aryl methyl sites for hydroxylation is 1. The van der Waals surface area contributed by atoms with Crippen LogP contribution in [0.2, 0.25) is 0 Å². The van der Waals surface area contributed by atoms with Crippen LogP contribution < -0.4 is 0 Å². The van der Waals surface area contributed by atoms with E-state index in [4.69, 9.17) is 0 Å². The third kappa shape index (κ3) is 1.68. The first-order valence-corrected chi connectivity index (χ1v) is 3.99. The van der Waals surface area contributed by atoms with Crippen molar-refractivity contribution < 1.29 is 13.2 Å². The summed E-state index contributed by atoms with van der Waals surface area (Å²) in [5.74, 6) is 0. The number of rotatable bonds is 1. The average Bonchev–Trinajstić information content (AvgIpc) is 2.28. The van der Waals surface area contributed by atoms with Crippen molar-refractivity contribution in [2.45, 2.75) is 33.5 Å². The Kier molecular flexibility index (Phi) is 2.36. The third-order valence-corrected chi connectivity index (χ3v) is 2.07. The van der Waals surface area contributed by atoms with Gasteiger partial charge in [-0.05, 0) is 20.8 Å². The first-order valence-electron chi connectivity index (χ1n) is 3.99. The van der Waals surface area contributed by atoms with Crippen molar-refractivity contribution >= 4 is 0 Å². The van der Waals surface area contributed by atoms with Crippen LogP contribution in [0, 0.1) is 13.8 Å². The van der Waals surface area contributed by atoms with Crippen LogP contribution in [0.5, 0.6) is 0 Å². The van der Waals surface area contributed by atoms with Crippen LogP contribution in [-0.4, -0.2) is 9.78 Å². The topological polar surface area (TPSA) is 17.8 Å². The maximum absolute atomic E-state index is 12.3. The highest BCUT2D eigenvalue weighted by atomic mass is 19.4. The highest BCUT2D eigenvalue weighted by Crippen LogP contribution is 2.31. The van der Waals surface area contributed by atoms with E-state index in [2.05, 4.69) is 5.10 Å². The summed E-state index contributed by atoms with van der Waals surface area (Å²) in [4.78, 5) is 0. The molecular formula is C8H11F3N2. The van der Waals surface area contributed by atoms with Crippen LogP contribution in [0.1, 0.15) is 23.9 Å². The first-order chi connectivity index (χ1) is 5.88. The summed E-state index contributed by atoms with van der Waals surface area (Å²) in [7, 11) is 0. The molecule has 0 radical (unpaired) electrons. The summed E-state index contributed by atoms with van der Waals surface area (Å²) in [6.45, 7) is 5.31. The predicted octanol–water partition coefficient (Wildman–Crippen LogP) is 2.54. The summed E-state index contributed by atoms with van der Waals surface area (Å²) in [5.41, 5.74) is 0.0241. The molecule has 0 fully saturated rings. The molecule has 0 atom stereocenters. The fourth-order valence-electron chi connectivity index (χ4n) is 1.21. The van der Waals surface area contributed by atoms with E-state index in [1.165, 1.54) is 11.6 Å². The van der Waals surface area contributed by atoms with Crippen molar-refractivity contribution in [1.29, 1.82) is 0 Å². The Bertz CT molecular complexity index is 312. The monoisotopic (exact) mass is 192 g/mol. The van der Waals surface area contributed by atoms with Crippen molar-refractivity contribution in [2.75, 3.05) is 0 Å². The molecule has 0 saturated carbocycles. The fourth-order valence-corrected chi connectivity index (χ4v) is 1.21. The highest BCUT2D eigenvalue weighted by molar-refractivity contribution is 5.25. The SMILES string of the molecule is CCn1nc(C(F)(F)F)c(C)c1C. The molecule has 1 aromatic rings. The Balaban J connectivity index is 3.25. The standard InChI is InChI=1S/C8H11F3N2/c1-4-13-6(3)5(2)7(12-13)8(9,10)11/h4H2,1-3H3. The number of alkyl halides is 3. The van der Waals surface area contributed by atoms with E-state index >= 15 is 0 Å². The molecule has 5 heteroatoms. The van der Waals surface area contributed by atoms with Crippen LogP contribution >= 0.6 is 0 Å². The Morgan fingerprint density at radius 3 is 2.08 bits per heavy atom. The number of aromatic nitrogens is 2. The fraction of sp³-hybridized carbons (Fsp3) is 0.625. The number of nitrogens with zero attached hydrogens (tertiary/aromatic N) is 2. The van der Waals surface area contributed by atoms with Crippen LogP contribution in [-0.2, 0) is 12.7 Å².